The average Bonchev–Trinajstić information content (AvgIpc) is 2.51. The van der Waals surface area contributed by atoms with E-state index in [1.807, 2.05) is 12.1 Å². The minimum absolute atomic E-state index is 0.644. The van der Waals surface area contributed by atoms with Gasteiger partial charge in [-0.25, -0.2) is 0 Å². The molecule has 1 aliphatic rings. The molecule has 70 valence electrons. The third-order valence-corrected chi connectivity index (χ3v) is 4.04. The smallest absolute Gasteiger partial charge is 0.0408 e. The molecule has 2 heteroatoms. The van der Waals surface area contributed by atoms with Crippen LogP contribution in [0, 0.1) is 0 Å². The van der Waals surface area contributed by atoms with Gasteiger partial charge >= 0.3 is 0 Å². The van der Waals surface area contributed by atoms with Crippen LogP contribution in [0.2, 0.25) is 5.02 Å². The number of rotatable bonds is 1. The topological polar surface area (TPSA) is 0 Å². The number of benzene rings is 1. The minimum atomic E-state index is 0.644. The molecule has 0 bridgehead atoms. The number of halogens is 2. The van der Waals surface area contributed by atoms with Crippen molar-refractivity contribution in [1.82, 2.24) is 0 Å². The second kappa shape index (κ2) is 4.02. The Morgan fingerprint density at radius 3 is 2.77 bits per heavy atom. The molecule has 2 rings (SSSR count). The van der Waals surface area contributed by atoms with E-state index in [4.69, 9.17) is 11.6 Å². The quantitative estimate of drug-likeness (QED) is 0.657. The lowest BCUT2D eigenvalue weighted by Crippen LogP contribution is -2.03. The van der Waals surface area contributed by atoms with Crippen molar-refractivity contribution in [2.45, 2.75) is 30.0 Å². The number of alkyl halides is 1. The first kappa shape index (κ1) is 9.54. The molecule has 0 saturated heterocycles. The predicted molar refractivity (Wildman–Crippen MR) is 60.8 cm³/mol. The molecule has 2 atom stereocenters. The van der Waals surface area contributed by atoms with Crippen LogP contribution in [0.25, 0.3) is 0 Å². The highest BCUT2D eigenvalue weighted by molar-refractivity contribution is 9.09. The van der Waals surface area contributed by atoms with Crippen molar-refractivity contribution < 1.29 is 0 Å². The first-order chi connectivity index (χ1) is 6.27. The second-order valence-electron chi connectivity index (χ2n) is 3.61. The summed E-state index contributed by atoms with van der Waals surface area (Å²) in [6, 6.07) is 8.24. The third-order valence-electron chi connectivity index (χ3n) is 2.71. The van der Waals surface area contributed by atoms with Crippen molar-refractivity contribution in [3.63, 3.8) is 0 Å². The summed E-state index contributed by atoms with van der Waals surface area (Å²) in [7, 11) is 0. The maximum atomic E-state index is 5.96. The van der Waals surface area contributed by atoms with E-state index in [2.05, 4.69) is 28.1 Å². The zero-order chi connectivity index (χ0) is 9.26. The van der Waals surface area contributed by atoms with Crippen LogP contribution in [0.5, 0.6) is 0 Å². The Morgan fingerprint density at radius 1 is 1.31 bits per heavy atom. The highest BCUT2D eigenvalue weighted by Crippen LogP contribution is 2.39. The molecule has 0 spiro atoms. The fourth-order valence-corrected chi connectivity index (χ4v) is 3.12. The first-order valence-electron chi connectivity index (χ1n) is 4.67. The summed E-state index contributed by atoms with van der Waals surface area (Å²) in [4.78, 5) is 0.644. The maximum Gasteiger partial charge on any atom is 0.0408 e. The van der Waals surface area contributed by atoms with Crippen LogP contribution in [0.4, 0.5) is 0 Å². The van der Waals surface area contributed by atoms with Gasteiger partial charge in [0.25, 0.3) is 0 Å². The van der Waals surface area contributed by atoms with E-state index in [9.17, 15) is 0 Å². The van der Waals surface area contributed by atoms with Crippen molar-refractivity contribution in [3.8, 4) is 0 Å². The molecule has 1 aliphatic carbocycles. The molecule has 0 aromatic heterocycles. The lowest BCUT2D eigenvalue weighted by Gasteiger charge is -2.14. The monoisotopic (exact) mass is 258 g/mol. The fraction of sp³-hybridized carbons (Fsp3) is 0.455. The molecule has 0 heterocycles. The Balaban J connectivity index is 2.24. The molecular weight excluding hydrogens is 247 g/mol. The third kappa shape index (κ3) is 2.08. The molecule has 1 aromatic rings. The van der Waals surface area contributed by atoms with Crippen molar-refractivity contribution in [1.29, 1.82) is 0 Å². The summed E-state index contributed by atoms with van der Waals surface area (Å²) in [5.41, 5.74) is 1.38. The molecule has 1 fully saturated rings. The first-order valence-corrected chi connectivity index (χ1v) is 5.96. The van der Waals surface area contributed by atoms with Gasteiger partial charge in [0, 0.05) is 9.85 Å². The van der Waals surface area contributed by atoms with Gasteiger partial charge in [0.2, 0.25) is 0 Å². The van der Waals surface area contributed by atoms with E-state index in [-0.39, 0.29) is 0 Å². The van der Waals surface area contributed by atoms with Crippen LogP contribution in [-0.4, -0.2) is 4.83 Å². The normalized spacial score (nSPS) is 27.8. The van der Waals surface area contributed by atoms with Gasteiger partial charge in [-0.2, -0.15) is 0 Å². The Bertz CT molecular complexity index is 298. The van der Waals surface area contributed by atoms with Crippen LogP contribution in [-0.2, 0) is 0 Å². The molecule has 0 N–H and O–H groups in total. The van der Waals surface area contributed by atoms with Crippen molar-refractivity contribution >= 4 is 27.5 Å². The van der Waals surface area contributed by atoms with Crippen LogP contribution in [0.3, 0.4) is 0 Å². The van der Waals surface area contributed by atoms with Crippen LogP contribution in [0.1, 0.15) is 30.7 Å². The van der Waals surface area contributed by atoms with Gasteiger partial charge in [0.15, 0.2) is 0 Å². The summed E-state index contributed by atoms with van der Waals surface area (Å²) in [5.74, 6) is 0.665. The Hall–Kier alpha value is -0.0100. The highest BCUT2D eigenvalue weighted by Gasteiger charge is 2.26. The van der Waals surface area contributed by atoms with Gasteiger partial charge in [-0.05, 0) is 36.5 Å². The van der Waals surface area contributed by atoms with Crippen LogP contribution < -0.4 is 0 Å². The van der Waals surface area contributed by atoms with Gasteiger partial charge in [-0.15, -0.1) is 0 Å². The Kier molecular flexibility index (Phi) is 2.95. The molecule has 13 heavy (non-hydrogen) atoms. The zero-order valence-corrected chi connectivity index (χ0v) is 9.68. The molecule has 2 unspecified atom stereocenters. The van der Waals surface area contributed by atoms with E-state index in [0.29, 0.717) is 10.7 Å². The number of hydrogen-bond donors (Lipinski definition) is 0. The molecule has 1 aromatic carbocycles. The highest BCUT2D eigenvalue weighted by atomic mass is 79.9. The SMILES string of the molecule is Clc1cccc(C2CCCC2Br)c1. The van der Waals surface area contributed by atoms with E-state index < -0.39 is 0 Å². The van der Waals surface area contributed by atoms with E-state index in [0.717, 1.165) is 5.02 Å². The van der Waals surface area contributed by atoms with Gasteiger partial charge in [-0.1, -0.05) is 46.1 Å². The Morgan fingerprint density at radius 2 is 2.15 bits per heavy atom. The van der Waals surface area contributed by atoms with Gasteiger partial charge in [-0.3, -0.25) is 0 Å². The van der Waals surface area contributed by atoms with E-state index >= 15 is 0 Å². The molecule has 0 nitrogen and oxygen atoms in total. The maximum absolute atomic E-state index is 5.96. The minimum Gasteiger partial charge on any atom is -0.0884 e. The average molecular weight is 260 g/mol. The van der Waals surface area contributed by atoms with Gasteiger partial charge < -0.3 is 0 Å². The summed E-state index contributed by atoms with van der Waals surface area (Å²) in [6.45, 7) is 0. The standard InChI is InChI=1S/C11H12BrCl/c12-11-6-2-5-10(11)8-3-1-4-9(13)7-8/h1,3-4,7,10-11H,2,5-6H2. The van der Waals surface area contributed by atoms with Crippen LogP contribution >= 0.6 is 27.5 Å². The van der Waals surface area contributed by atoms with E-state index in [1.54, 1.807) is 0 Å². The fourth-order valence-electron chi connectivity index (χ4n) is 2.03. The summed E-state index contributed by atoms with van der Waals surface area (Å²) in [5, 5.41) is 0.851. The lowest BCUT2D eigenvalue weighted by atomic mass is 9.98. The second-order valence-corrected chi connectivity index (χ2v) is 5.22. The van der Waals surface area contributed by atoms with Crippen LogP contribution in [0.15, 0.2) is 24.3 Å². The van der Waals surface area contributed by atoms with Gasteiger partial charge in [0.05, 0.1) is 0 Å². The number of hydrogen-bond acceptors (Lipinski definition) is 0. The molecule has 0 amide bonds. The lowest BCUT2D eigenvalue weighted by molar-refractivity contribution is 0.743. The van der Waals surface area contributed by atoms with Crippen molar-refractivity contribution in [2.24, 2.45) is 0 Å². The summed E-state index contributed by atoms with van der Waals surface area (Å²) < 4.78 is 0. The predicted octanol–water partition coefficient (Wildman–Crippen LogP) is 4.37. The Labute approximate surface area is 92.4 Å². The van der Waals surface area contributed by atoms with Gasteiger partial charge in [0.1, 0.15) is 0 Å². The molecule has 0 radical (unpaired) electrons. The van der Waals surface area contributed by atoms with Crippen molar-refractivity contribution in [2.75, 3.05) is 0 Å². The largest absolute Gasteiger partial charge is 0.0884 e. The zero-order valence-electron chi connectivity index (χ0n) is 7.34. The molecule has 1 saturated carbocycles. The summed E-state index contributed by atoms with van der Waals surface area (Å²) >= 11 is 9.68. The van der Waals surface area contributed by atoms with E-state index in [1.165, 1.54) is 24.8 Å². The van der Waals surface area contributed by atoms with Crippen molar-refractivity contribution in [3.05, 3.63) is 34.9 Å². The molecule has 0 aliphatic heterocycles. The summed E-state index contributed by atoms with van der Waals surface area (Å²) in [6.07, 6.45) is 3.90. The molecular formula is C11H12BrCl.